The summed E-state index contributed by atoms with van der Waals surface area (Å²) in [6.07, 6.45) is 4.87. The Bertz CT molecular complexity index is 323. The van der Waals surface area contributed by atoms with E-state index in [-0.39, 0.29) is 11.6 Å². The second-order valence-electron chi connectivity index (χ2n) is 4.50. The first-order valence-electron chi connectivity index (χ1n) is 6.32. The lowest BCUT2D eigenvalue weighted by Gasteiger charge is -2.38. The summed E-state index contributed by atoms with van der Waals surface area (Å²) in [5.41, 5.74) is 1.00. The van der Waals surface area contributed by atoms with Gasteiger partial charge < -0.3 is 10.1 Å². The largest absolute Gasteiger partial charge is 0.377 e. The molecule has 0 fully saturated rings. The summed E-state index contributed by atoms with van der Waals surface area (Å²) in [6.45, 7) is 4.35. The molecular weight excluding hydrogens is 214 g/mol. The van der Waals surface area contributed by atoms with Crippen molar-refractivity contribution in [3.63, 3.8) is 0 Å². The number of nitrogens with zero attached hydrogens (tertiary/aromatic N) is 2. The van der Waals surface area contributed by atoms with Gasteiger partial charge in [-0.3, -0.25) is 4.68 Å². The Morgan fingerprint density at radius 1 is 1.47 bits per heavy atom. The van der Waals surface area contributed by atoms with Crippen LogP contribution in [0.4, 0.5) is 0 Å². The van der Waals surface area contributed by atoms with Crippen LogP contribution in [0.3, 0.4) is 0 Å². The minimum absolute atomic E-state index is 0.105. The van der Waals surface area contributed by atoms with Crippen LogP contribution in [-0.2, 0) is 18.2 Å². The van der Waals surface area contributed by atoms with Crippen molar-refractivity contribution in [2.24, 2.45) is 7.05 Å². The molecule has 0 radical (unpaired) electrons. The van der Waals surface area contributed by atoms with Gasteiger partial charge in [0.1, 0.15) is 0 Å². The van der Waals surface area contributed by atoms with Crippen molar-refractivity contribution >= 4 is 0 Å². The molecule has 0 aliphatic carbocycles. The van der Waals surface area contributed by atoms with Crippen LogP contribution in [0, 0.1) is 0 Å². The Kier molecular flexibility index (Phi) is 5.15. The molecule has 0 aliphatic heterocycles. The van der Waals surface area contributed by atoms with E-state index in [1.165, 1.54) is 0 Å². The Balaban J connectivity index is 2.82. The number of aryl methyl sites for hydroxylation is 1. The molecule has 0 aromatic carbocycles. The molecule has 1 atom stereocenters. The van der Waals surface area contributed by atoms with Crippen molar-refractivity contribution in [2.45, 2.75) is 44.8 Å². The molecule has 0 bridgehead atoms. The third-order valence-electron chi connectivity index (χ3n) is 3.77. The second kappa shape index (κ2) is 6.17. The highest BCUT2D eigenvalue weighted by molar-refractivity contribution is 5.05. The van der Waals surface area contributed by atoms with E-state index in [0.29, 0.717) is 0 Å². The first-order valence-corrected chi connectivity index (χ1v) is 6.32. The van der Waals surface area contributed by atoms with Gasteiger partial charge in [-0.1, -0.05) is 13.8 Å². The van der Waals surface area contributed by atoms with Crippen molar-refractivity contribution in [1.29, 1.82) is 0 Å². The summed E-state index contributed by atoms with van der Waals surface area (Å²) < 4.78 is 7.61. The molecule has 0 saturated carbocycles. The molecule has 0 amide bonds. The molecule has 1 aromatic heterocycles. The van der Waals surface area contributed by atoms with E-state index in [4.69, 9.17) is 4.74 Å². The molecule has 1 unspecified atom stereocenters. The standard InChI is InChI=1S/C13H25N3O/c1-6-13(7-2,17-5)12(14-3)10-11-8-9-16(4)15-11/h8-9,12,14H,6-7,10H2,1-5H3. The average molecular weight is 239 g/mol. The molecule has 4 heteroatoms. The topological polar surface area (TPSA) is 39.1 Å². The molecule has 1 heterocycles. The first kappa shape index (κ1) is 14.2. The van der Waals surface area contributed by atoms with Crippen molar-refractivity contribution < 1.29 is 4.74 Å². The van der Waals surface area contributed by atoms with E-state index >= 15 is 0 Å². The van der Waals surface area contributed by atoms with Gasteiger partial charge in [-0.05, 0) is 26.0 Å². The fourth-order valence-corrected chi connectivity index (χ4v) is 2.51. The third kappa shape index (κ3) is 3.07. The number of methoxy groups -OCH3 is 1. The van der Waals surface area contributed by atoms with Crippen molar-refractivity contribution in [2.75, 3.05) is 14.2 Å². The molecule has 17 heavy (non-hydrogen) atoms. The van der Waals surface area contributed by atoms with Crippen molar-refractivity contribution in [1.82, 2.24) is 15.1 Å². The van der Waals surface area contributed by atoms with Crippen LogP contribution in [0.2, 0.25) is 0 Å². The zero-order valence-corrected chi connectivity index (χ0v) is 11.7. The van der Waals surface area contributed by atoms with Gasteiger partial charge in [-0.15, -0.1) is 0 Å². The van der Waals surface area contributed by atoms with Crippen molar-refractivity contribution in [3.8, 4) is 0 Å². The van der Waals surface area contributed by atoms with E-state index in [0.717, 1.165) is 25.0 Å². The van der Waals surface area contributed by atoms with Crippen LogP contribution in [0.5, 0.6) is 0 Å². The smallest absolute Gasteiger partial charge is 0.0829 e. The van der Waals surface area contributed by atoms with E-state index in [1.807, 2.05) is 25.0 Å². The van der Waals surface area contributed by atoms with Gasteiger partial charge in [0.15, 0.2) is 0 Å². The summed E-state index contributed by atoms with van der Waals surface area (Å²) >= 11 is 0. The highest BCUT2D eigenvalue weighted by Crippen LogP contribution is 2.26. The number of nitrogens with one attached hydrogen (secondary N) is 1. The Morgan fingerprint density at radius 2 is 2.12 bits per heavy atom. The minimum atomic E-state index is -0.105. The number of likely N-dealkylation sites (N-methyl/N-ethyl adjacent to an activating group) is 1. The van der Waals surface area contributed by atoms with Gasteiger partial charge >= 0.3 is 0 Å². The van der Waals surface area contributed by atoms with E-state index in [2.05, 4.69) is 30.3 Å². The van der Waals surface area contributed by atoms with Gasteiger partial charge in [-0.25, -0.2) is 0 Å². The van der Waals surface area contributed by atoms with Crippen LogP contribution < -0.4 is 5.32 Å². The van der Waals surface area contributed by atoms with Crippen LogP contribution in [0.1, 0.15) is 32.4 Å². The molecule has 0 aliphatic rings. The highest BCUT2D eigenvalue weighted by Gasteiger charge is 2.35. The zero-order valence-electron chi connectivity index (χ0n) is 11.7. The van der Waals surface area contributed by atoms with Crippen LogP contribution in [0.15, 0.2) is 12.3 Å². The highest BCUT2D eigenvalue weighted by atomic mass is 16.5. The fraction of sp³-hybridized carbons (Fsp3) is 0.769. The number of aromatic nitrogens is 2. The molecule has 98 valence electrons. The minimum Gasteiger partial charge on any atom is -0.377 e. The Morgan fingerprint density at radius 3 is 2.47 bits per heavy atom. The molecule has 1 rings (SSSR count). The van der Waals surface area contributed by atoms with Gasteiger partial charge in [0.25, 0.3) is 0 Å². The van der Waals surface area contributed by atoms with Crippen molar-refractivity contribution in [3.05, 3.63) is 18.0 Å². The van der Waals surface area contributed by atoms with Crippen LogP contribution in [0.25, 0.3) is 0 Å². The Hall–Kier alpha value is -0.870. The first-order chi connectivity index (χ1) is 8.11. The SMILES string of the molecule is CCC(CC)(OC)C(Cc1ccn(C)n1)NC. The number of hydrogen-bond donors (Lipinski definition) is 1. The lowest BCUT2D eigenvalue weighted by Crippen LogP contribution is -2.51. The van der Waals surface area contributed by atoms with E-state index < -0.39 is 0 Å². The molecule has 0 saturated heterocycles. The number of rotatable bonds is 7. The maximum atomic E-state index is 5.77. The Labute approximate surface area is 104 Å². The van der Waals surface area contributed by atoms with Gasteiger partial charge in [0.05, 0.1) is 11.3 Å². The summed E-state index contributed by atoms with van der Waals surface area (Å²) in [5.74, 6) is 0. The molecular formula is C13H25N3O. The third-order valence-corrected chi connectivity index (χ3v) is 3.77. The van der Waals surface area contributed by atoms with E-state index in [1.54, 1.807) is 7.11 Å². The van der Waals surface area contributed by atoms with E-state index in [9.17, 15) is 0 Å². The summed E-state index contributed by atoms with van der Waals surface area (Å²) in [7, 11) is 5.74. The maximum absolute atomic E-state index is 5.77. The maximum Gasteiger partial charge on any atom is 0.0829 e. The monoisotopic (exact) mass is 239 g/mol. The summed E-state index contributed by atoms with van der Waals surface area (Å²) in [6, 6.07) is 2.35. The van der Waals surface area contributed by atoms with Crippen LogP contribution >= 0.6 is 0 Å². The number of hydrogen-bond acceptors (Lipinski definition) is 3. The number of ether oxygens (including phenoxy) is 1. The van der Waals surface area contributed by atoms with Gasteiger partial charge in [0, 0.05) is 32.8 Å². The second-order valence-corrected chi connectivity index (χ2v) is 4.50. The lowest BCUT2D eigenvalue weighted by atomic mass is 9.85. The summed E-state index contributed by atoms with van der Waals surface area (Å²) in [4.78, 5) is 0. The van der Waals surface area contributed by atoms with Crippen LogP contribution in [-0.4, -0.2) is 35.6 Å². The lowest BCUT2D eigenvalue weighted by molar-refractivity contribution is -0.0456. The van der Waals surface area contributed by atoms with Gasteiger partial charge in [0.2, 0.25) is 0 Å². The predicted octanol–water partition coefficient (Wildman–Crippen LogP) is 1.76. The molecule has 1 N–H and O–H groups in total. The fourth-order valence-electron chi connectivity index (χ4n) is 2.51. The molecule has 4 nitrogen and oxygen atoms in total. The molecule has 1 aromatic rings. The quantitative estimate of drug-likeness (QED) is 0.788. The average Bonchev–Trinajstić information content (AvgIpc) is 2.76. The summed E-state index contributed by atoms with van der Waals surface area (Å²) in [5, 5.41) is 7.82. The molecule has 0 spiro atoms. The zero-order chi connectivity index (χ0) is 12.9. The predicted molar refractivity (Wildman–Crippen MR) is 70.1 cm³/mol. The normalized spacial score (nSPS) is 13.9. The van der Waals surface area contributed by atoms with Gasteiger partial charge in [-0.2, -0.15) is 5.10 Å².